The SMILES string of the molecule is COc1ccc(C[C@H](CNC[C@@H](C)C(=O)O)NC/C=C/C[C@H](O)[C@H](C)/C=C/c2ccccc2)cc1Cl. The first kappa shape index (κ1) is 29.6. The maximum atomic E-state index is 11.1. The van der Waals surface area contributed by atoms with Crippen LogP contribution in [0.1, 0.15) is 31.4 Å². The Hall–Kier alpha value is -2.64. The largest absolute Gasteiger partial charge is 0.495 e. The van der Waals surface area contributed by atoms with Crippen molar-refractivity contribution < 1.29 is 19.7 Å². The first-order valence-electron chi connectivity index (χ1n) is 12.4. The molecular weight excluding hydrogens is 476 g/mol. The van der Waals surface area contributed by atoms with Crippen LogP contribution in [0.15, 0.2) is 66.8 Å². The van der Waals surface area contributed by atoms with Gasteiger partial charge in [-0.3, -0.25) is 4.79 Å². The molecule has 0 radical (unpaired) electrons. The standard InChI is InChI=1S/C29H39ClN2O4/c1-21(12-13-23-9-5-4-6-10-23)27(33)11-7-8-16-32-25(20-31-19-22(2)29(34)35)17-24-14-15-28(36-3)26(30)18-24/h4-10,12-15,18,21-22,25,27,31-33H,11,16-17,19-20H2,1-3H3,(H,34,35)/b8-7+,13-12+/t21-,22-,25-,27+/m1/s1. The van der Waals surface area contributed by atoms with Crippen LogP contribution in [0.5, 0.6) is 5.75 Å². The van der Waals surface area contributed by atoms with Gasteiger partial charge in [-0.1, -0.05) is 86.2 Å². The van der Waals surface area contributed by atoms with Gasteiger partial charge in [0.25, 0.3) is 0 Å². The van der Waals surface area contributed by atoms with E-state index in [0.29, 0.717) is 36.8 Å². The molecule has 4 N–H and O–H groups in total. The average molecular weight is 515 g/mol. The Morgan fingerprint density at radius 3 is 2.53 bits per heavy atom. The van der Waals surface area contributed by atoms with E-state index >= 15 is 0 Å². The average Bonchev–Trinajstić information content (AvgIpc) is 2.87. The van der Waals surface area contributed by atoms with Gasteiger partial charge in [-0.15, -0.1) is 0 Å². The minimum atomic E-state index is -0.816. The summed E-state index contributed by atoms with van der Waals surface area (Å²) in [4.78, 5) is 11.1. The molecule has 0 amide bonds. The molecule has 6 nitrogen and oxygen atoms in total. The number of rotatable bonds is 16. The fraction of sp³-hybridized carbons (Fsp3) is 0.414. The van der Waals surface area contributed by atoms with Crippen LogP contribution in [0.3, 0.4) is 0 Å². The van der Waals surface area contributed by atoms with Crippen molar-refractivity contribution in [2.75, 3.05) is 26.7 Å². The van der Waals surface area contributed by atoms with E-state index < -0.39 is 18.0 Å². The molecule has 0 aliphatic carbocycles. The Kier molecular flexibility index (Phi) is 13.3. The number of carbonyl (C=O) groups is 1. The van der Waals surface area contributed by atoms with Crippen molar-refractivity contribution >= 4 is 23.6 Å². The minimum Gasteiger partial charge on any atom is -0.495 e. The molecule has 2 aromatic rings. The molecule has 0 aliphatic rings. The Labute approximate surface area is 220 Å². The number of benzene rings is 2. The number of methoxy groups -OCH3 is 1. The molecule has 0 unspecified atom stereocenters. The first-order chi connectivity index (χ1) is 17.3. The molecule has 0 saturated heterocycles. The lowest BCUT2D eigenvalue weighted by Gasteiger charge is -2.20. The molecule has 0 saturated carbocycles. The molecule has 0 fully saturated rings. The Morgan fingerprint density at radius 1 is 1.11 bits per heavy atom. The highest BCUT2D eigenvalue weighted by molar-refractivity contribution is 6.32. The predicted octanol–water partition coefficient (Wildman–Crippen LogP) is 4.82. The summed E-state index contributed by atoms with van der Waals surface area (Å²) < 4.78 is 5.23. The van der Waals surface area contributed by atoms with Gasteiger partial charge in [0.2, 0.25) is 0 Å². The fourth-order valence-electron chi connectivity index (χ4n) is 3.62. The number of hydrogen-bond acceptors (Lipinski definition) is 5. The third kappa shape index (κ3) is 11.0. The van der Waals surface area contributed by atoms with Crippen LogP contribution in [0.2, 0.25) is 5.02 Å². The lowest BCUT2D eigenvalue weighted by molar-refractivity contribution is -0.140. The summed E-state index contributed by atoms with van der Waals surface area (Å²) >= 11 is 6.29. The Morgan fingerprint density at radius 2 is 1.86 bits per heavy atom. The van der Waals surface area contributed by atoms with E-state index in [0.717, 1.165) is 17.5 Å². The van der Waals surface area contributed by atoms with Gasteiger partial charge in [0.15, 0.2) is 0 Å². The molecule has 36 heavy (non-hydrogen) atoms. The number of aliphatic hydroxyl groups is 1. The van der Waals surface area contributed by atoms with Crippen molar-refractivity contribution in [2.24, 2.45) is 11.8 Å². The van der Waals surface area contributed by atoms with Gasteiger partial charge in [-0.05, 0) is 36.1 Å². The normalized spacial score (nSPS) is 15.1. The number of aliphatic hydroxyl groups excluding tert-OH is 1. The number of aliphatic carboxylic acids is 1. The minimum absolute atomic E-state index is 0.0378. The molecule has 0 aromatic heterocycles. The van der Waals surface area contributed by atoms with Crippen LogP contribution in [0.4, 0.5) is 0 Å². The first-order valence-corrected chi connectivity index (χ1v) is 12.7. The third-order valence-corrected chi connectivity index (χ3v) is 6.32. The summed E-state index contributed by atoms with van der Waals surface area (Å²) in [6.45, 7) is 5.33. The summed E-state index contributed by atoms with van der Waals surface area (Å²) in [6.07, 6.45) is 8.90. The number of halogens is 1. The molecular formula is C29H39ClN2O4. The summed E-state index contributed by atoms with van der Waals surface area (Å²) in [5, 5.41) is 26.9. The van der Waals surface area contributed by atoms with Crippen molar-refractivity contribution in [3.8, 4) is 5.75 Å². The summed E-state index contributed by atoms with van der Waals surface area (Å²) in [5.74, 6) is -0.604. The van der Waals surface area contributed by atoms with Gasteiger partial charge in [0, 0.05) is 31.6 Å². The van der Waals surface area contributed by atoms with E-state index in [4.69, 9.17) is 21.4 Å². The second-order valence-corrected chi connectivity index (χ2v) is 9.49. The molecule has 2 aromatic carbocycles. The van der Waals surface area contributed by atoms with Gasteiger partial charge < -0.3 is 25.6 Å². The van der Waals surface area contributed by atoms with E-state index in [1.54, 1.807) is 14.0 Å². The van der Waals surface area contributed by atoms with Gasteiger partial charge >= 0.3 is 5.97 Å². The zero-order valence-corrected chi connectivity index (χ0v) is 22.1. The monoisotopic (exact) mass is 514 g/mol. The summed E-state index contributed by atoms with van der Waals surface area (Å²) in [7, 11) is 1.59. The molecule has 196 valence electrons. The molecule has 2 rings (SSSR count). The second-order valence-electron chi connectivity index (χ2n) is 9.08. The van der Waals surface area contributed by atoms with Crippen LogP contribution in [0, 0.1) is 11.8 Å². The van der Waals surface area contributed by atoms with E-state index in [2.05, 4.69) is 10.6 Å². The number of nitrogens with one attached hydrogen (secondary N) is 2. The maximum Gasteiger partial charge on any atom is 0.307 e. The molecule has 0 bridgehead atoms. The van der Waals surface area contributed by atoms with E-state index in [9.17, 15) is 9.90 Å². The van der Waals surface area contributed by atoms with E-state index in [-0.39, 0.29) is 12.0 Å². The zero-order chi connectivity index (χ0) is 26.3. The number of carboxylic acids is 1. The van der Waals surface area contributed by atoms with Crippen LogP contribution < -0.4 is 15.4 Å². The van der Waals surface area contributed by atoms with Crippen molar-refractivity contribution in [1.29, 1.82) is 0 Å². The zero-order valence-electron chi connectivity index (χ0n) is 21.4. The molecule has 7 heteroatoms. The Bertz CT molecular complexity index is 980. The lowest BCUT2D eigenvalue weighted by Crippen LogP contribution is -2.42. The van der Waals surface area contributed by atoms with Crippen molar-refractivity contribution in [3.05, 3.63) is 82.9 Å². The molecule has 4 atom stereocenters. The van der Waals surface area contributed by atoms with E-state index in [1.165, 1.54) is 0 Å². The molecule has 0 aliphatic heterocycles. The van der Waals surface area contributed by atoms with Crippen LogP contribution in [-0.4, -0.2) is 55.1 Å². The number of hydrogen-bond donors (Lipinski definition) is 4. The highest BCUT2D eigenvalue weighted by Gasteiger charge is 2.14. The van der Waals surface area contributed by atoms with E-state index in [1.807, 2.05) is 79.8 Å². The van der Waals surface area contributed by atoms with Crippen LogP contribution in [0.25, 0.3) is 6.08 Å². The summed E-state index contributed by atoms with van der Waals surface area (Å²) in [5.41, 5.74) is 2.18. The van der Waals surface area contributed by atoms with Gasteiger partial charge in [0.1, 0.15) is 5.75 Å². The van der Waals surface area contributed by atoms with Crippen molar-refractivity contribution in [1.82, 2.24) is 10.6 Å². The lowest BCUT2D eigenvalue weighted by atomic mass is 10.00. The predicted molar refractivity (Wildman–Crippen MR) is 148 cm³/mol. The third-order valence-electron chi connectivity index (χ3n) is 6.03. The maximum absolute atomic E-state index is 11.1. The highest BCUT2D eigenvalue weighted by Crippen LogP contribution is 2.25. The van der Waals surface area contributed by atoms with Gasteiger partial charge in [-0.25, -0.2) is 0 Å². The fourth-order valence-corrected chi connectivity index (χ4v) is 3.90. The highest BCUT2D eigenvalue weighted by atomic mass is 35.5. The molecule has 0 spiro atoms. The van der Waals surface area contributed by atoms with Crippen molar-refractivity contribution in [2.45, 2.75) is 38.8 Å². The van der Waals surface area contributed by atoms with Crippen LogP contribution in [-0.2, 0) is 11.2 Å². The van der Waals surface area contributed by atoms with Gasteiger partial charge in [0.05, 0.1) is 24.2 Å². The smallest absolute Gasteiger partial charge is 0.307 e. The van der Waals surface area contributed by atoms with Gasteiger partial charge in [-0.2, -0.15) is 0 Å². The number of ether oxygens (including phenoxy) is 1. The van der Waals surface area contributed by atoms with Crippen LogP contribution >= 0.6 is 11.6 Å². The second kappa shape index (κ2) is 16.2. The van der Waals surface area contributed by atoms with Crippen molar-refractivity contribution in [3.63, 3.8) is 0 Å². The Balaban J connectivity index is 1.86. The number of carboxylic acid groups (broad SMARTS) is 1. The quantitative estimate of drug-likeness (QED) is 0.240. The summed E-state index contributed by atoms with van der Waals surface area (Å²) in [6, 6.07) is 15.8. The molecule has 0 heterocycles. The topological polar surface area (TPSA) is 90.8 Å².